The summed E-state index contributed by atoms with van der Waals surface area (Å²) >= 11 is 0. The molecule has 0 amide bonds. The maximum absolute atomic E-state index is 10.9. The van der Waals surface area contributed by atoms with Gasteiger partial charge in [0.05, 0.1) is 6.04 Å². The molecule has 0 aliphatic carbocycles. The second kappa shape index (κ2) is 5.98. The second-order valence-corrected chi connectivity index (χ2v) is 6.86. The zero-order chi connectivity index (χ0) is 15.8. The number of aliphatic hydroxyl groups is 1. The fourth-order valence-electron chi connectivity index (χ4n) is 3.37. The molecule has 1 aliphatic rings. The average Bonchev–Trinajstić information content (AvgIpc) is 2.40. The molecule has 3 heteroatoms. The lowest BCUT2D eigenvalue weighted by molar-refractivity contribution is -0.0753. The molecule has 1 aliphatic heterocycles. The summed E-state index contributed by atoms with van der Waals surface area (Å²) < 4.78 is 6.31. The molecule has 2 atom stereocenters. The number of rotatable bonds is 4. The Morgan fingerprint density at radius 1 is 1.29 bits per heavy atom. The van der Waals surface area contributed by atoms with Crippen LogP contribution in [-0.4, -0.2) is 35.2 Å². The van der Waals surface area contributed by atoms with Gasteiger partial charge in [-0.15, -0.1) is 0 Å². The van der Waals surface area contributed by atoms with Crippen LogP contribution >= 0.6 is 0 Å². The lowest BCUT2D eigenvalue weighted by Crippen LogP contribution is -2.57. The van der Waals surface area contributed by atoms with Crippen molar-refractivity contribution in [1.29, 1.82) is 0 Å². The number of likely N-dealkylation sites (N-methyl/N-ethyl adjacent to an activating group) is 1. The molecule has 0 fully saturated rings. The Morgan fingerprint density at radius 2 is 1.95 bits per heavy atom. The Morgan fingerprint density at radius 3 is 2.57 bits per heavy atom. The van der Waals surface area contributed by atoms with Crippen molar-refractivity contribution in [2.45, 2.75) is 65.2 Å². The first-order valence-corrected chi connectivity index (χ1v) is 7.97. The van der Waals surface area contributed by atoms with Crippen molar-refractivity contribution < 1.29 is 9.84 Å². The molecule has 1 aromatic rings. The number of unbranched alkanes of at least 4 members (excludes halogenated alkanes) is 1. The SMILES string of the molecule is CCCCN(C)C1C(O)c2ccc(C)c(C)c2OC1(C)C. The van der Waals surface area contributed by atoms with Crippen molar-refractivity contribution in [3.63, 3.8) is 0 Å². The van der Waals surface area contributed by atoms with Crippen molar-refractivity contribution in [1.82, 2.24) is 4.90 Å². The summed E-state index contributed by atoms with van der Waals surface area (Å²) in [6.45, 7) is 11.5. The molecule has 3 nitrogen and oxygen atoms in total. The topological polar surface area (TPSA) is 32.7 Å². The van der Waals surface area contributed by atoms with Crippen LogP contribution in [0.4, 0.5) is 0 Å². The van der Waals surface area contributed by atoms with Crippen LogP contribution in [0.2, 0.25) is 0 Å². The number of nitrogens with zero attached hydrogens (tertiary/aromatic N) is 1. The van der Waals surface area contributed by atoms with Crippen LogP contribution in [-0.2, 0) is 0 Å². The van der Waals surface area contributed by atoms with Gasteiger partial charge in [0.1, 0.15) is 17.5 Å². The average molecular weight is 291 g/mol. The quantitative estimate of drug-likeness (QED) is 0.920. The molecule has 0 spiro atoms. The standard InChI is InChI=1S/C18H29NO2/c1-7-8-11-19(6)17-15(20)14-10-9-12(2)13(3)16(14)21-18(17,4)5/h9-10,15,17,20H,7-8,11H2,1-6H3. The van der Waals surface area contributed by atoms with Gasteiger partial charge in [0.15, 0.2) is 0 Å². The van der Waals surface area contributed by atoms with Crippen molar-refractivity contribution in [3.05, 3.63) is 28.8 Å². The number of hydrogen-bond donors (Lipinski definition) is 1. The van der Waals surface area contributed by atoms with Gasteiger partial charge in [-0.25, -0.2) is 0 Å². The van der Waals surface area contributed by atoms with Crippen LogP contribution in [0.25, 0.3) is 0 Å². The van der Waals surface area contributed by atoms with Crippen LogP contribution in [0.5, 0.6) is 5.75 Å². The fourth-order valence-corrected chi connectivity index (χ4v) is 3.37. The number of ether oxygens (including phenoxy) is 1. The summed E-state index contributed by atoms with van der Waals surface area (Å²) in [6, 6.07) is 4.05. The number of hydrogen-bond acceptors (Lipinski definition) is 3. The zero-order valence-electron chi connectivity index (χ0n) is 14.2. The number of aryl methyl sites for hydroxylation is 1. The van der Waals surface area contributed by atoms with Crippen LogP contribution in [0.15, 0.2) is 12.1 Å². The van der Waals surface area contributed by atoms with E-state index in [-0.39, 0.29) is 6.04 Å². The molecule has 1 heterocycles. The molecule has 21 heavy (non-hydrogen) atoms. The minimum atomic E-state index is -0.509. The highest BCUT2D eigenvalue weighted by Gasteiger charge is 2.45. The number of benzene rings is 1. The predicted molar refractivity (Wildman–Crippen MR) is 86.9 cm³/mol. The summed E-state index contributed by atoms with van der Waals surface area (Å²) in [5.41, 5.74) is 2.85. The van der Waals surface area contributed by atoms with E-state index >= 15 is 0 Å². The molecular weight excluding hydrogens is 262 g/mol. The first-order chi connectivity index (χ1) is 9.79. The highest BCUT2D eigenvalue weighted by atomic mass is 16.5. The first kappa shape index (κ1) is 16.3. The van der Waals surface area contributed by atoms with Gasteiger partial charge in [0.2, 0.25) is 0 Å². The molecular formula is C18H29NO2. The van der Waals surface area contributed by atoms with E-state index in [4.69, 9.17) is 4.74 Å². The molecule has 2 unspecified atom stereocenters. The lowest BCUT2D eigenvalue weighted by Gasteiger charge is -2.47. The van der Waals surface area contributed by atoms with Crippen LogP contribution < -0.4 is 4.74 Å². The third kappa shape index (κ3) is 2.95. The van der Waals surface area contributed by atoms with Crippen LogP contribution in [0.1, 0.15) is 56.4 Å². The van der Waals surface area contributed by atoms with Gasteiger partial charge in [-0.1, -0.05) is 25.5 Å². The molecule has 1 N–H and O–H groups in total. The number of aliphatic hydroxyl groups excluding tert-OH is 1. The third-order valence-electron chi connectivity index (χ3n) is 4.74. The van der Waals surface area contributed by atoms with Crippen molar-refractivity contribution in [2.24, 2.45) is 0 Å². The van der Waals surface area contributed by atoms with Crippen LogP contribution in [0.3, 0.4) is 0 Å². The molecule has 1 aromatic carbocycles. The monoisotopic (exact) mass is 291 g/mol. The molecule has 0 saturated carbocycles. The largest absolute Gasteiger partial charge is 0.485 e. The minimum absolute atomic E-state index is 0.0290. The van der Waals surface area contributed by atoms with Crippen molar-refractivity contribution in [2.75, 3.05) is 13.6 Å². The predicted octanol–water partition coefficient (Wildman–Crippen LogP) is 3.61. The van der Waals surface area contributed by atoms with E-state index in [1.54, 1.807) is 0 Å². The second-order valence-electron chi connectivity index (χ2n) is 6.86. The molecule has 0 radical (unpaired) electrons. The molecule has 118 valence electrons. The van der Waals surface area contributed by atoms with E-state index in [1.807, 2.05) is 6.07 Å². The zero-order valence-corrected chi connectivity index (χ0v) is 14.2. The molecule has 0 bridgehead atoms. The Balaban J connectivity index is 2.39. The maximum Gasteiger partial charge on any atom is 0.129 e. The van der Waals surface area contributed by atoms with E-state index in [0.29, 0.717) is 0 Å². The molecule has 0 aromatic heterocycles. The Hall–Kier alpha value is -1.06. The lowest BCUT2D eigenvalue weighted by atomic mass is 9.83. The summed E-state index contributed by atoms with van der Waals surface area (Å²) in [4.78, 5) is 2.24. The normalized spacial score (nSPS) is 23.8. The highest BCUT2D eigenvalue weighted by Crippen LogP contribution is 2.44. The van der Waals surface area contributed by atoms with E-state index in [1.165, 1.54) is 5.56 Å². The van der Waals surface area contributed by atoms with E-state index < -0.39 is 11.7 Å². The van der Waals surface area contributed by atoms with Gasteiger partial charge >= 0.3 is 0 Å². The van der Waals surface area contributed by atoms with E-state index in [2.05, 4.69) is 52.6 Å². The van der Waals surface area contributed by atoms with Gasteiger partial charge < -0.3 is 9.84 Å². The van der Waals surface area contributed by atoms with Gasteiger partial charge in [-0.3, -0.25) is 4.90 Å². The van der Waals surface area contributed by atoms with E-state index in [9.17, 15) is 5.11 Å². The van der Waals surface area contributed by atoms with Gasteiger partial charge in [-0.05, 0) is 58.8 Å². The Bertz CT molecular complexity index is 510. The smallest absolute Gasteiger partial charge is 0.129 e. The first-order valence-electron chi connectivity index (χ1n) is 7.97. The van der Waals surface area contributed by atoms with Gasteiger partial charge in [0, 0.05) is 5.56 Å². The molecule has 2 rings (SSSR count). The summed E-state index contributed by atoms with van der Waals surface area (Å²) in [7, 11) is 2.08. The van der Waals surface area contributed by atoms with E-state index in [0.717, 1.165) is 36.3 Å². The number of fused-ring (bicyclic) bond motifs is 1. The maximum atomic E-state index is 10.9. The van der Waals surface area contributed by atoms with Gasteiger partial charge in [-0.2, -0.15) is 0 Å². The minimum Gasteiger partial charge on any atom is -0.485 e. The fraction of sp³-hybridized carbons (Fsp3) is 0.667. The highest BCUT2D eigenvalue weighted by molar-refractivity contribution is 5.49. The molecule has 0 saturated heterocycles. The van der Waals surface area contributed by atoms with Crippen LogP contribution in [0, 0.1) is 13.8 Å². The van der Waals surface area contributed by atoms with Crippen molar-refractivity contribution >= 4 is 0 Å². The Labute approximate surface area is 128 Å². The Kier molecular flexibility index (Phi) is 4.64. The summed E-state index contributed by atoms with van der Waals surface area (Å²) in [6.07, 6.45) is 1.78. The van der Waals surface area contributed by atoms with Gasteiger partial charge in [0.25, 0.3) is 0 Å². The summed E-state index contributed by atoms with van der Waals surface area (Å²) in [5, 5.41) is 10.9. The van der Waals surface area contributed by atoms with Crippen molar-refractivity contribution in [3.8, 4) is 5.75 Å². The third-order valence-corrected chi connectivity index (χ3v) is 4.74. The summed E-state index contributed by atoms with van der Waals surface area (Å²) in [5.74, 6) is 0.868.